The van der Waals surface area contributed by atoms with Crippen LogP contribution in [-0.4, -0.2) is 24.7 Å². The SMILES string of the molecule is CNCC1CCC(C)(c2nccs2)O1. The molecule has 2 rings (SSSR count). The highest BCUT2D eigenvalue weighted by atomic mass is 32.1. The average Bonchev–Trinajstić information content (AvgIpc) is 2.75. The fourth-order valence-corrected chi connectivity index (χ4v) is 2.71. The van der Waals surface area contributed by atoms with Crippen molar-refractivity contribution in [1.82, 2.24) is 10.3 Å². The monoisotopic (exact) mass is 212 g/mol. The zero-order valence-corrected chi connectivity index (χ0v) is 9.43. The minimum absolute atomic E-state index is 0.143. The maximum Gasteiger partial charge on any atom is 0.124 e. The van der Waals surface area contributed by atoms with Crippen LogP contribution in [0.1, 0.15) is 24.8 Å². The van der Waals surface area contributed by atoms with E-state index >= 15 is 0 Å². The number of rotatable bonds is 3. The lowest BCUT2D eigenvalue weighted by Gasteiger charge is -2.22. The van der Waals surface area contributed by atoms with E-state index in [1.165, 1.54) is 0 Å². The first-order valence-corrected chi connectivity index (χ1v) is 5.85. The molecule has 0 aromatic carbocycles. The molecule has 3 nitrogen and oxygen atoms in total. The minimum Gasteiger partial charge on any atom is -0.364 e. The van der Waals surface area contributed by atoms with Crippen LogP contribution < -0.4 is 5.32 Å². The Balaban J connectivity index is 2.06. The molecule has 78 valence electrons. The summed E-state index contributed by atoms with van der Waals surface area (Å²) in [5.74, 6) is 0. The van der Waals surface area contributed by atoms with Gasteiger partial charge in [0.25, 0.3) is 0 Å². The van der Waals surface area contributed by atoms with Gasteiger partial charge < -0.3 is 10.1 Å². The van der Waals surface area contributed by atoms with E-state index in [4.69, 9.17) is 4.74 Å². The van der Waals surface area contributed by atoms with Gasteiger partial charge in [0.15, 0.2) is 0 Å². The van der Waals surface area contributed by atoms with Gasteiger partial charge in [-0.1, -0.05) is 0 Å². The van der Waals surface area contributed by atoms with Crippen LogP contribution in [0.5, 0.6) is 0 Å². The standard InChI is InChI=1S/C10H16N2OS/c1-10(9-12-5-6-14-9)4-3-8(13-10)7-11-2/h5-6,8,11H,3-4,7H2,1-2H3. The van der Waals surface area contributed by atoms with Gasteiger partial charge in [-0.15, -0.1) is 11.3 Å². The van der Waals surface area contributed by atoms with Crippen molar-refractivity contribution in [3.05, 3.63) is 16.6 Å². The van der Waals surface area contributed by atoms with Crippen molar-refractivity contribution in [3.8, 4) is 0 Å². The second kappa shape index (κ2) is 3.96. The lowest BCUT2D eigenvalue weighted by atomic mass is 10.0. The van der Waals surface area contributed by atoms with Gasteiger partial charge in [0.2, 0.25) is 0 Å². The molecule has 1 N–H and O–H groups in total. The van der Waals surface area contributed by atoms with Crippen molar-refractivity contribution in [1.29, 1.82) is 0 Å². The van der Waals surface area contributed by atoms with Gasteiger partial charge in [-0.2, -0.15) is 0 Å². The highest BCUT2D eigenvalue weighted by Gasteiger charge is 2.38. The van der Waals surface area contributed by atoms with E-state index in [0.717, 1.165) is 24.4 Å². The first kappa shape index (κ1) is 10.1. The molecule has 1 aliphatic heterocycles. The van der Waals surface area contributed by atoms with E-state index in [1.54, 1.807) is 11.3 Å². The predicted octanol–water partition coefficient (Wildman–Crippen LogP) is 1.76. The maximum atomic E-state index is 6.02. The van der Waals surface area contributed by atoms with Gasteiger partial charge in [-0.3, -0.25) is 0 Å². The molecule has 1 fully saturated rings. The fourth-order valence-electron chi connectivity index (χ4n) is 1.94. The van der Waals surface area contributed by atoms with Crippen LogP contribution in [0.25, 0.3) is 0 Å². The van der Waals surface area contributed by atoms with E-state index in [2.05, 4.69) is 17.2 Å². The summed E-state index contributed by atoms with van der Waals surface area (Å²) in [6.07, 6.45) is 4.39. The number of likely N-dealkylation sites (N-methyl/N-ethyl adjacent to an activating group) is 1. The Morgan fingerprint density at radius 1 is 1.79 bits per heavy atom. The largest absolute Gasteiger partial charge is 0.364 e. The molecule has 14 heavy (non-hydrogen) atoms. The highest BCUT2D eigenvalue weighted by molar-refractivity contribution is 7.09. The second-order valence-electron chi connectivity index (χ2n) is 3.90. The summed E-state index contributed by atoms with van der Waals surface area (Å²) in [6, 6.07) is 0. The Morgan fingerprint density at radius 3 is 3.29 bits per heavy atom. The Morgan fingerprint density at radius 2 is 2.64 bits per heavy atom. The van der Waals surface area contributed by atoms with Crippen molar-refractivity contribution < 1.29 is 4.74 Å². The summed E-state index contributed by atoms with van der Waals surface area (Å²) in [6.45, 7) is 3.07. The number of ether oxygens (including phenoxy) is 1. The molecule has 1 aromatic rings. The normalized spacial score (nSPS) is 32.3. The van der Waals surface area contributed by atoms with E-state index in [-0.39, 0.29) is 5.60 Å². The first-order chi connectivity index (χ1) is 6.74. The zero-order valence-electron chi connectivity index (χ0n) is 8.62. The summed E-state index contributed by atoms with van der Waals surface area (Å²) in [5.41, 5.74) is -0.143. The summed E-state index contributed by atoms with van der Waals surface area (Å²) in [7, 11) is 1.96. The van der Waals surface area contributed by atoms with Gasteiger partial charge in [-0.05, 0) is 26.8 Å². The number of nitrogens with one attached hydrogen (secondary N) is 1. The molecule has 2 unspecified atom stereocenters. The number of thiazole rings is 1. The summed E-state index contributed by atoms with van der Waals surface area (Å²) < 4.78 is 6.02. The van der Waals surface area contributed by atoms with E-state index in [9.17, 15) is 0 Å². The smallest absolute Gasteiger partial charge is 0.124 e. The average molecular weight is 212 g/mol. The van der Waals surface area contributed by atoms with Crippen molar-refractivity contribution in [3.63, 3.8) is 0 Å². The highest BCUT2D eigenvalue weighted by Crippen LogP contribution is 2.39. The van der Waals surface area contributed by atoms with E-state index in [1.807, 2.05) is 18.6 Å². The van der Waals surface area contributed by atoms with Gasteiger partial charge in [-0.25, -0.2) is 4.98 Å². The summed E-state index contributed by atoms with van der Waals surface area (Å²) in [4.78, 5) is 4.34. The first-order valence-electron chi connectivity index (χ1n) is 4.97. The van der Waals surface area contributed by atoms with Crippen LogP contribution in [0.4, 0.5) is 0 Å². The van der Waals surface area contributed by atoms with Crippen LogP contribution in [0.3, 0.4) is 0 Å². The number of aromatic nitrogens is 1. The Bertz CT molecular complexity index is 288. The third-order valence-corrected chi connectivity index (χ3v) is 3.70. The molecule has 0 amide bonds. The van der Waals surface area contributed by atoms with E-state index in [0.29, 0.717) is 6.10 Å². The Kier molecular flexibility index (Phi) is 2.85. The fraction of sp³-hybridized carbons (Fsp3) is 0.700. The molecule has 1 aromatic heterocycles. The number of nitrogens with zero attached hydrogens (tertiary/aromatic N) is 1. The van der Waals surface area contributed by atoms with Gasteiger partial charge in [0.1, 0.15) is 10.6 Å². The minimum atomic E-state index is -0.143. The molecular formula is C10H16N2OS. The van der Waals surface area contributed by atoms with Crippen LogP contribution in [0.15, 0.2) is 11.6 Å². The molecule has 2 heterocycles. The molecule has 0 bridgehead atoms. The zero-order chi connectivity index (χ0) is 10.0. The van der Waals surface area contributed by atoms with Crippen molar-refractivity contribution >= 4 is 11.3 Å². The molecule has 1 saturated heterocycles. The van der Waals surface area contributed by atoms with Gasteiger partial charge in [0, 0.05) is 18.1 Å². The molecular weight excluding hydrogens is 196 g/mol. The van der Waals surface area contributed by atoms with Crippen LogP contribution in [-0.2, 0) is 10.3 Å². The topological polar surface area (TPSA) is 34.2 Å². The van der Waals surface area contributed by atoms with Crippen molar-refractivity contribution in [2.45, 2.75) is 31.5 Å². The second-order valence-corrected chi connectivity index (χ2v) is 4.80. The molecule has 0 saturated carbocycles. The van der Waals surface area contributed by atoms with Gasteiger partial charge in [0.05, 0.1) is 6.10 Å². The molecule has 1 aliphatic rings. The number of hydrogen-bond donors (Lipinski definition) is 1. The van der Waals surface area contributed by atoms with Gasteiger partial charge >= 0.3 is 0 Å². The number of hydrogen-bond acceptors (Lipinski definition) is 4. The Labute approximate surface area is 88.5 Å². The molecule has 0 aliphatic carbocycles. The third-order valence-electron chi connectivity index (χ3n) is 2.69. The molecule has 4 heteroatoms. The molecule has 0 spiro atoms. The molecule has 2 atom stereocenters. The van der Waals surface area contributed by atoms with E-state index < -0.39 is 0 Å². The quantitative estimate of drug-likeness (QED) is 0.829. The van der Waals surface area contributed by atoms with Crippen molar-refractivity contribution in [2.24, 2.45) is 0 Å². The van der Waals surface area contributed by atoms with Crippen LogP contribution in [0, 0.1) is 0 Å². The lowest BCUT2D eigenvalue weighted by molar-refractivity contribution is -0.0307. The summed E-state index contributed by atoms with van der Waals surface area (Å²) in [5, 5.41) is 6.27. The van der Waals surface area contributed by atoms with Crippen LogP contribution in [0.2, 0.25) is 0 Å². The lowest BCUT2D eigenvalue weighted by Crippen LogP contribution is -2.27. The summed E-state index contributed by atoms with van der Waals surface area (Å²) >= 11 is 1.68. The third kappa shape index (κ3) is 1.82. The molecule has 0 radical (unpaired) electrons. The van der Waals surface area contributed by atoms with Crippen LogP contribution >= 0.6 is 11.3 Å². The van der Waals surface area contributed by atoms with Crippen molar-refractivity contribution in [2.75, 3.05) is 13.6 Å². The predicted molar refractivity (Wildman–Crippen MR) is 57.5 cm³/mol. The Hall–Kier alpha value is -0.450. The maximum absolute atomic E-state index is 6.02.